The van der Waals surface area contributed by atoms with Crippen LogP contribution in [0.25, 0.3) is 0 Å². The Hall–Kier alpha value is -0.0956. The Labute approximate surface area is 222 Å². The van der Waals surface area contributed by atoms with Gasteiger partial charge in [-0.3, -0.25) is 0 Å². The van der Waals surface area contributed by atoms with Crippen molar-refractivity contribution in [1.82, 2.24) is 0 Å². The molecule has 1 rings (SSSR count). The van der Waals surface area contributed by atoms with Gasteiger partial charge in [-0.15, -0.1) is 0 Å². The van der Waals surface area contributed by atoms with Crippen LogP contribution in [0.3, 0.4) is 0 Å². The molecular formula is C25H47N2O6PV. The minimum Gasteiger partial charge on any atom is -0.0625 e. The third-order valence-electron chi connectivity index (χ3n) is 8.05. The van der Waals surface area contributed by atoms with Crippen molar-refractivity contribution in [2.75, 3.05) is 19.8 Å². The molecule has 1 heterocycles. The zero-order valence-corrected chi connectivity index (χ0v) is 25.3. The van der Waals surface area contributed by atoms with E-state index in [-0.39, 0.29) is 37.6 Å². The van der Waals surface area contributed by atoms with Gasteiger partial charge in [-0.25, -0.2) is 0 Å². The molecule has 1 aliphatic rings. The van der Waals surface area contributed by atoms with Gasteiger partial charge >= 0.3 is 182 Å². The Morgan fingerprint density at radius 1 is 1.00 bits per heavy atom. The van der Waals surface area contributed by atoms with Crippen LogP contribution in [0.4, 0.5) is 0 Å². The van der Waals surface area contributed by atoms with Gasteiger partial charge in [0.2, 0.25) is 0 Å². The zero-order chi connectivity index (χ0) is 26.8. The number of phosphoric ester groups is 1. The molecule has 0 N–H and O–H groups in total. The van der Waals surface area contributed by atoms with Crippen molar-refractivity contribution in [1.29, 1.82) is 5.26 Å². The summed E-state index contributed by atoms with van der Waals surface area (Å²) in [5.41, 5.74) is 0. The van der Waals surface area contributed by atoms with Crippen LogP contribution in [0.1, 0.15) is 75.2 Å². The number of ether oxygens (including phenoxy) is 1. The predicted molar refractivity (Wildman–Crippen MR) is 132 cm³/mol. The maximum atomic E-state index is 14.1. The molecule has 0 saturated carbocycles. The van der Waals surface area contributed by atoms with E-state index < -0.39 is 20.0 Å². The fourth-order valence-corrected chi connectivity index (χ4v) is 6.42. The van der Waals surface area contributed by atoms with Crippen LogP contribution in [0, 0.1) is 52.8 Å². The van der Waals surface area contributed by atoms with E-state index in [0.29, 0.717) is 42.6 Å². The molecular weight excluding hydrogens is 506 g/mol. The second kappa shape index (κ2) is 16.0. The van der Waals surface area contributed by atoms with Crippen molar-refractivity contribution in [3.8, 4) is 6.07 Å². The Morgan fingerprint density at radius 2 is 1.57 bits per heavy atom. The molecule has 1 fully saturated rings. The monoisotopic (exact) mass is 553 g/mol. The molecule has 10 heteroatoms. The molecule has 0 amide bonds. The summed E-state index contributed by atoms with van der Waals surface area (Å²) in [5.74, 6) is 2.28. The molecule has 0 aromatic carbocycles. The summed E-state index contributed by atoms with van der Waals surface area (Å²) in [7, 11) is -4.02. The molecule has 1 saturated heterocycles. The quantitative estimate of drug-likeness (QED) is 0.112. The Morgan fingerprint density at radius 3 is 2.11 bits per heavy atom. The molecule has 0 spiro atoms. The first-order valence-corrected chi connectivity index (χ1v) is 15.0. The van der Waals surface area contributed by atoms with Crippen molar-refractivity contribution in [3.63, 3.8) is 0 Å². The molecule has 9 atom stereocenters. The molecule has 0 aliphatic carbocycles. The van der Waals surface area contributed by atoms with E-state index in [9.17, 15) is 4.57 Å². The number of hydrogen-bond acceptors (Lipinski definition) is 8. The molecule has 0 aromatic heterocycles. The number of rotatable bonds is 17. The Balaban J connectivity index is 3.27. The molecule has 1 aliphatic heterocycles. The van der Waals surface area contributed by atoms with E-state index in [1.165, 1.54) is 0 Å². The summed E-state index contributed by atoms with van der Waals surface area (Å²) >= 11 is 1.99. The Bertz CT molecular complexity index is 719. The van der Waals surface area contributed by atoms with Gasteiger partial charge in [0.25, 0.3) is 0 Å². The third-order valence-corrected chi connectivity index (χ3v) is 9.76. The summed E-state index contributed by atoms with van der Waals surface area (Å²) in [6.45, 7) is 20.5. The predicted octanol–water partition coefficient (Wildman–Crippen LogP) is 6.74. The van der Waals surface area contributed by atoms with Gasteiger partial charge in [0.1, 0.15) is 0 Å². The minimum absolute atomic E-state index is 0.0303. The van der Waals surface area contributed by atoms with Gasteiger partial charge in [-0.05, 0) is 5.92 Å². The molecule has 35 heavy (non-hydrogen) atoms. The Kier molecular flexibility index (Phi) is 15.1. The summed E-state index contributed by atoms with van der Waals surface area (Å²) in [6.07, 6.45) is -0.659. The van der Waals surface area contributed by atoms with Crippen LogP contribution < -0.4 is 0 Å². The normalized spacial score (nSPS) is 25.4. The minimum atomic E-state index is -4.02. The molecule has 8 nitrogen and oxygen atoms in total. The van der Waals surface area contributed by atoms with Gasteiger partial charge < -0.3 is 0 Å². The SMILES string of the molecule is CC(C)C(C)C(C)C(C)C(OP(=O)(OCCC#N)OC1CCOC1CO[N]=[V])C(C)C(C)C(C)C. The second-order valence-electron chi connectivity index (χ2n) is 10.8. The molecule has 9 unspecified atom stereocenters. The van der Waals surface area contributed by atoms with Crippen LogP contribution in [0.2, 0.25) is 0 Å². The van der Waals surface area contributed by atoms with Crippen LogP contribution in [-0.4, -0.2) is 38.1 Å². The van der Waals surface area contributed by atoms with Gasteiger partial charge in [-0.2, -0.15) is 0 Å². The van der Waals surface area contributed by atoms with Crippen molar-refractivity contribution >= 4 is 7.82 Å². The van der Waals surface area contributed by atoms with Gasteiger partial charge in [0.05, 0.1) is 0 Å². The van der Waals surface area contributed by atoms with E-state index >= 15 is 0 Å². The number of nitrogens with zero attached hydrogens (tertiary/aromatic N) is 2. The van der Waals surface area contributed by atoms with Gasteiger partial charge in [-0.1, -0.05) is 34.6 Å². The average Bonchev–Trinajstić information content (AvgIpc) is 3.25. The third kappa shape index (κ3) is 10.3. The van der Waals surface area contributed by atoms with E-state index in [1.807, 2.05) is 23.3 Å². The summed E-state index contributed by atoms with van der Waals surface area (Å²) < 4.78 is 41.6. The number of hydrogen-bond donors (Lipinski definition) is 0. The number of nitriles is 1. The van der Waals surface area contributed by atoms with E-state index in [4.69, 9.17) is 28.4 Å². The zero-order valence-electron chi connectivity index (χ0n) is 23.0. The van der Waals surface area contributed by atoms with Gasteiger partial charge in [0, 0.05) is 0 Å². The summed E-state index contributed by atoms with van der Waals surface area (Å²) in [6, 6.07) is 2.03. The van der Waals surface area contributed by atoms with Crippen LogP contribution in [0.15, 0.2) is 3.95 Å². The van der Waals surface area contributed by atoms with Crippen molar-refractivity contribution in [2.24, 2.45) is 45.4 Å². The van der Waals surface area contributed by atoms with Crippen LogP contribution >= 0.6 is 7.82 Å². The first kappa shape index (κ1) is 32.9. The molecule has 0 aromatic rings. The standard InChI is InChI=1S/C25H47N2O6P.V/c1-16(2)18(5)20(7)22(9)25(21(8)19(6)17(3)4)33-34(28,31-13-10-12-26)32-23-11-14-29-24(23)15-30-27;/h16-25H,10-11,13-15H2,1-9H3;. The first-order chi connectivity index (χ1) is 16.4. The van der Waals surface area contributed by atoms with E-state index in [1.54, 1.807) is 0 Å². The van der Waals surface area contributed by atoms with Gasteiger partial charge in [0.15, 0.2) is 0 Å². The maximum absolute atomic E-state index is 14.1. The second-order valence-corrected chi connectivity index (χ2v) is 12.6. The smallest absolute Gasteiger partial charge is 0.0625 e. The fourth-order valence-electron chi connectivity index (χ4n) is 4.58. The summed E-state index contributed by atoms with van der Waals surface area (Å²) in [5, 5.41) is 9.01. The van der Waals surface area contributed by atoms with Crippen molar-refractivity contribution < 1.29 is 44.9 Å². The number of phosphoric acid groups is 1. The topological polar surface area (TPSA) is 99.4 Å². The first-order valence-electron chi connectivity index (χ1n) is 12.9. The fraction of sp³-hybridized carbons (Fsp3) is 0.960. The van der Waals surface area contributed by atoms with Crippen molar-refractivity contribution in [3.05, 3.63) is 0 Å². The van der Waals surface area contributed by atoms with E-state index in [0.717, 1.165) is 0 Å². The van der Waals surface area contributed by atoms with Crippen molar-refractivity contribution in [2.45, 2.75) is 93.5 Å². The molecule has 203 valence electrons. The van der Waals surface area contributed by atoms with Crippen LogP contribution in [-0.2, 0) is 44.9 Å². The average molecular weight is 554 g/mol. The summed E-state index contributed by atoms with van der Waals surface area (Å²) in [4.78, 5) is 5.13. The van der Waals surface area contributed by atoms with E-state index in [2.05, 4.69) is 66.3 Å². The van der Waals surface area contributed by atoms with Crippen LogP contribution in [0.5, 0.6) is 0 Å². The molecule has 0 radical (unpaired) electrons. The molecule has 0 bridgehead atoms.